The zero-order chi connectivity index (χ0) is 44.3. The van der Waals surface area contributed by atoms with E-state index in [1.165, 1.54) is 19.1 Å². The van der Waals surface area contributed by atoms with Crippen LogP contribution in [0.4, 0.5) is 0 Å². The first kappa shape index (κ1) is 45.3. The predicted octanol–water partition coefficient (Wildman–Crippen LogP) is 3.88. The number of benzene rings is 1. The van der Waals surface area contributed by atoms with Crippen molar-refractivity contribution in [3.8, 4) is 0 Å². The number of amides is 1. The van der Waals surface area contributed by atoms with Gasteiger partial charge in [-0.25, -0.2) is 9.59 Å². The van der Waals surface area contributed by atoms with Gasteiger partial charge in [0, 0.05) is 43.4 Å². The molecule has 1 aliphatic heterocycles. The van der Waals surface area contributed by atoms with Crippen LogP contribution in [0.3, 0.4) is 0 Å². The van der Waals surface area contributed by atoms with Crippen molar-refractivity contribution < 1.29 is 67.8 Å². The molecule has 2 bridgehead atoms. The highest BCUT2D eigenvalue weighted by atomic mass is 16.6. The number of hydrogen-bond donors (Lipinski definition) is 4. The molecule has 4 N–H and O–H groups in total. The summed E-state index contributed by atoms with van der Waals surface area (Å²) in [6, 6.07) is 6.91. The number of fused-ring (bicyclic) bond motifs is 5. The van der Waals surface area contributed by atoms with Crippen molar-refractivity contribution in [2.45, 2.75) is 155 Å². The fraction of sp³-hybridized carbons (Fsp3) is 0.689. The minimum Gasteiger partial charge on any atom is -0.460 e. The number of carbonyl (C=O) groups is 6. The highest BCUT2D eigenvalue weighted by molar-refractivity contribution is 6.02. The molecule has 1 saturated heterocycles. The molecule has 1 unspecified atom stereocenters. The number of ether oxygens (including phenoxy) is 5. The molecule has 60 heavy (non-hydrogen) atoms. The monoisotopic (exact) mass is 839 g/mol. The van der Waals surface area contributed by atoms with Crippen molar-refractivity contribution >= 4 is 35.6 Å². The van der Waals surface area contributed by atoms with Gasteiger partial charge < -0.3 is 44.3 Å². The highest BCUT2D eigenvalue weighted by Crippen LogP contribution is 2.65. The Balaban J connectivity index is 1.54. The van der Waals surface area contributed by atoms with Crippen molar-refractivity contribution in [3.05, 3.63) is 47.2 Å². The molecule has 330 valence electrons. The van der Waals surface area contributed by atoms with E-state index in [-0.39, 0.29) is 36.0 Å². The molecule has 15 heteroatoms. The van der Waals surface area contributed by atoms with Gasteiger partial charge in [0.1, 0.15) is 23.9 Å². The zero-order valence-corrected chi connectivity index (χ0v) is 36.1. The maximum atomic E-state index is 15.4. The average Bonchev–Trinajstić information content (AvgIpc) is 3.17. The molecule has 5 aliphatic rings. The Morgan fingerprint density at radius 1 is 0.950 bits per heavy atom. The molecule has 6 rings (SSSR count). The molecule has 4 fully saturated rings. The van der Waals surface area contributed by atoms with E-state index in [9.17, 15) is 39.3 Å². The van der Waals surface area contributed by atoms with E-state index in [2.05, 4.69) is 5.32 Å². The maximum absolute atomic E-state index is 15.4. The molecule has 1 aromatic carbocycles. The van der Waals surface area contributed by atoms with Gasteiger partial charge in [0.05, 0.1) is 35.6 Å². The van der Waals surface area contributed by atoms with Gasteiger partial charge in [-0.1, -0.05) is 79.0 Å². The van der Waals surface area contributed by atoms with Crippen LogP contribution in [0.15, 0.2) is 41.7 Å². The zero-order valence-electron chi connectivity index (χ0n) is 36.1. The number of carbonyl (C=O) groups excluding carboxylic acids is 6. The van der Waals surface area contributed by atoms with Crippen molar-refractivity contribution in [2.24, 2.45) is 34.0 Å². The van der Waals surface area contributed by atoms with Gasteiger partial charge in [-0.3, -0.25) is 19.2 Å². The van der Waals surface area contributed by atoms with Crippen molar-refractivity contribution in [3.63, 3.8) is 0 Å². The molecule has 4 aliphatic carbocycles. The number of rotatable bonds is 9. The third kappa shape index (κ3) is 7.57. The molecular weight excluding hydrogens is 778 g/mol. The number of ketones is 1. The second-order valence-electron chi connectivity index (χ2n) is 19.3. The molecule has 3 saturated carbocycles. The van der Waals surface area contributed by atoms with Crippen LogP contribution in [0.5, 0.6) is 0 Å². The SMILES string of the molecule is CC(=O)OC1=C2C(C)[C@@H](OC(=O)[C@H](O)[C@@H](NC(=O)C(C)(C)C)C3CCCCC3)C[C@@](O)([C@@H](OC(=O)c3ccccc3)[C@@H]3[C@]4(OC(C)=O)CO[C@@H]4C[C@H](O)[C@@]3(C)C1=O)C2(C)C. The smallest absolute Gasteiger partial charge is 0.338 e. The summed E-state index contributed by atoms with van der Waals surface area (Å²) >= 11 is 0. The van der Waals surface area contributed by atoms with Gasteiger partial charge in [0.2, 0.25) is 11.7 Å². The van der Waals surface area contributed by atoms with Gasteiger partial charge in [-0.15, -0.1) is 0 Å². The Bertz CT molecular complexity index is 1910. The van der Waals surface area contributed by atoms with Crippen molar-refractivity contribution in [1.29, 1.82) is 0 Å². The fourth-order valence-corrected chi connectivity index (χ4v) is 10.7. The number of allylic oxidation sites excluding steroid dienone is 1. The van der Waals surface area contributed by atoms with Gasteiger partial charge >= 0.3 is 23.9 Å². The highest BCUT2D eigenvalue weighted by Gasteiger charge is 2.78. The third-order valence-electron chi connectivity index (χ3n) is 14.2. The standard InChI is InChI=1S/C45H61NO14/c1-23-28(58-39(53)33(50)32(26-16-12-10-13-17-26)46-40(54)41(4,5)6)21-45(55)37(59-38(52)27-18-14-11-15-19-27)35-43(9,29(49)20-30-44(35,22-56-30)60-25(3)48)36(51)34(57-24(2)47)31(23)42(45,7)8/h11,14-15,18-19,23,26,28-30,32-33,35,37,49-50,55H,10,12-13,16-17,20-22H2,1-9H3,(H,46,54)/t23?,28-,29-,30+,32-,33+,35-,37-,43+,44-,45+/m0/s1. The van der Waals surface area contributed by atoms with E-state index in [4.69, 9.17) is 23.7 Å². The molecule has 11 atom stereocenters. The molecule has 1 aromatic rings. The Labute approximate surface area is 350 Å². The van der Waals surface area contributed by atoms with Crippen molar-refractivity contribution in [2.75, 3.05) is 6.61 Å². The number of Topliss-reactive ketones (excluding diaryl/α,β-unsaturated/α-hetero) is 1. The van der Waals surface area contributed by atoms with E-state index in [1.54, 1.807) is 59.7 Å². The molecule has 0 radical (unpaired) electrons. The molecule has 1 amide bonds. The lowest BCUT2D eigenvalue weighted by Gasteiger charge is -2.67. The number of hydrogen-bond acceptors (Lipinski definition) is 14. The first-order chi connectivity index (χ1) is 27.9. The second-order valence-corrected chi connectivity index (χ2v) is 19.3. The molecule has 0 aromatic heterocycles. The lowest BCUT2D eigenvalue weighted by molar-refractivity contribution is -0.345. The quantitative estimate of drug-likeness (QED) is 0.205. The number of aliphatic hydroxyl groups is 3. The lowest BCUT2D eigenvalue weighted by Crippen LogP contribution is -2.81. The second kappa shape index (κ2) is 16.3. The van der Waals surface area contributed by atoms with Gasteiger partial charge in [0.15, 0.2) is 17.5 Å². The van der Waals surface area contributed by atoms with Crippen LogP contribution < -0.4 is 5.32 Å². The molecule has 0 spiro atoms. The van der Waals surface area contributed by atoms with Crippen molar-refractivity contribution in [1.82, 2.24) is 5.32 Å². The summed E-state index contributed by atoms with van der Waals surface area (Å²) in [5.41, 5.74) is -8.49. The van der Waals surface area contributed by atoms with Gasteiger partial charge in [-0.05, 0) is 43.4 Å². The Hall–Kier alpha value is -4.18. The number of nitrogens with one attached hydrogen (secondary N) is 1. The topological polar surface area (TPSA) is 221 Å². The summed E-state index contributed by atoms with van der Waals surface area (Å²) in [5, 5.41) is 40.4. The number of aliphatic hydroxyl groups excluding tert-OH is 2. The Morgan fingerprint density at radius 2 is 1.58 bits per heavy atom. The fourth-order valence-electron chi connectivity index (χ4n) is 10.7. The third-order valence-corrected chi connectivity index (χ3v) is 14.2. The van der Waals surface area contributed by atoms with Crippen LogP contribution in [-0.4, -0.2) is 105 Å². The normalized spacial score (nSPS) is 34.8. The molecule has 1 heterocycles. The average molecular weight is 840 g/mol. The summed E-state index contributed by atoms with van der Waals surface area (Å²) in [7, 11) is 0. The lowest BCUT2D eigenvalue weighted by atomic mass is 9.45. The molecule has 15 nitrogen and oxygen atoms in total. The molecular formula is C45H61NO14. The van der Waals surface area contributed by atoms with E-state index in [1.807, 2.05) is 0 Å². The summed E-state index contributed by atoms with van der Waals surface area (Å²) in [6.45, 7) is 13.3. The number of esters is 4. The predicted molar refractivity (Wildman–Crippen MR) is 212 cm³/mol. The first-order valence-corrected chi connectivity index (χ1v) is 21.1. The van der Waals surface area contributed by atoms with Gasteiger partial charge in [0.25, 0.3) is 0 Å². The summed E-state index contributed by atoms with van der Waals surface area (Å²) < 4.78 is 30.3. The summed E-state index contributed by atoms with van der Waals surface area (Å²) in [4.78, 5) is 83.2. The minimum absolute atomic E-state index is 0.0368. The minimum atomic E-state index is -2.35. The van der Waals surface area contributed by atoms with Crippen LogP contribution in [0.1, 0.15) is 118 Å². The van der Waals surface area contributed by atoms with Gasteiger partial charge in [-0.2, -0.15) is 0 Å². The Morgan fingerprint density at radius 3 is 2.13 bits per heavy atom. The van der Waals surface area contributed by atoms with E-state index >= 15 is 4.79 Å². The summed E-state index contributed by atoms with van der Waals surface area (Å²) in [6.07, 6.45) is -4.24. The van der Waals surface area contributed by atoms with E-state index in [0.717, 1.165) is 33.1 Å². The largest absolute Gasteiger partial charge is 0.460 e. The maximum Gasteiger partial charge on any atom is 0.338 e. The van der Waals surface area contributed by atoms with Crippen LogP contribution in [0.25, 0.3) is 0 Å². The summed E-state index contributed by atoms with van der Waals surface area (Å²) in [5.74, 6) is -8.20. The van der Waals surface area contributed by atoms with E-state index < -0.39 is 118 Å². The van der Waals surface area contributed by atoms with Crippen LogP contribution >= 0.6 is 0 Å². The van der Waals surface area contributed by atoms with Crippen LogP contribution in [0.2, 0.25) is 0 Å². The van der Waals surface area contributed by atoms with Crippen LogP contribution in [-0.2, 0) is 47.7 Å². The van der Waals surface area contributed by atoms with E-state index in [0.29, 0.717) is 12.8 Å². The first-order valence-electron chi connectivity index (χ1n) is 21.1. The Kier molecular flexibility index (Phi) is 12.3. The van der Waals surface area contributed by atoms with Crippen LogP contribution in [0, 0.1) is 34.0 Å².